The summed E-state index contributed by atoms with van der Waals surface area (Å²) in [5.41, 5.74) is 6.20. The zero-order chi connectivity index (χ0) is 23.8. The van der Waals surface area contributed by atoms with Crippen LogP contribution in [-0.2, 0) is 24.4 Å². The third-order valence-corrected chi connectivity index (χ3v) is 6.67. The van der Waals surface area contributed by atoms with Gasteiger partial charge in [-0.2, -0.15) is 8.78 Å². The Bertz CT molecular complexity index is 1310. The summed E-state index contributed by atoms with van der Waals surface area (Å²) >= 11 is 0. The third kappa shape index (κ3) is 4.59. The molecular weight excluding hydrogens is 454 g/mol. The van der Waals surface area contributed by atoms with E-state index in [1.165, 1.54) is 11.1 Å². The second kappa shape index (κ2) is 9.27. The maximum atomic E-state index is 12.7. The van der Waals surface area contributed by atoms with Crippen LogP contribution in [0.1, 0.15) is 41.8 Å². The van der Waals surface area contributed by atoms with Crippen LogP contribution >= 0.6 is 0 Å². The molecule has 0 aliphatic carbocycles. The van der Waals surface area contributed by atoms with Gasteiger partial charge in [-0.1, -0.05) is 29.5 Å². The van der Waals surface area contributed by atoms with E-state index >= 15 is 0 Å². The van der Waals surface area contributed by atoms with Crippen molar-refractivity contribution in [3.05, 3.63) is 71.2 Å². The minimum absolute atomic E-state index is 0.0712. The van der Waals surface area contributed by atoms with Crippen LogP contribution in [0.5, 0.6) is 0 Å². The highest BCUT2D eigenvalue weighted by molar-refractivity contribution is 5.60. The number of rotatable bonds is 6. The molecule has 6 rings (SSSR count). The van der Waals surface area contributed by atoms with Gasteiger partial charge in [0.2, 0.25) is 5.89 Å². The molecular formula is C25H24F2N6O2. The van der Waals surface area contributed by atoms with Gasteiger partial charge in [0.25, 0.3) is 5.89 Å². The second-order valence-electron chi connectivity index (χ2n) is 8.98. The van der Waals surface area contributed by atoms with Crippen LogP contribution in [-0.4, -0.2) is 49.3 Å². The van der Waals surface area contributed by atoms with Crippen LogP contribution in [0.2, 0.25) is 0 Å². The number of ether oxygens (including phenoxy) is 1. The van der Waals surface area contributed by atoms with E-state index < -0.39 is 12.3 Å². The highest BCUT2D eigenvalue weighted by atomic mass is 19.3. The molecule has 2 aliphatic heterocycles. The molecule has 8 nitrogen and oxygen atoms in total. The zero-order valence-corrected chi connectivity index (χ0v) is 19.0. The lowest BCUT2D eigenvalue weighted by Gasteiger charge is -2.30. The molecule has 180 valence electrons. The average molecular weight is 479 g/mol. The van der Waals surface area contributed by atoms with Crippen molar-refractivity contribution in [3.8, 4) is 22.7 Å². The lowest BCUT2D eigenvalue weighted by Crippen LogP contribution is -2.35. The Labute approximate surface area is 200 Å². The molecule has 4 heterocycles. The summed E-state index contributed by atoms with van der Waals surface area (Å²) in [5.74, 6) is -0.607. The highest BCUT2D eigenvalue weighted by Crippen LogP contribution is 2.31. The molecule has 35 heavy (non-hydrogen) atoms. The van der Waals surface area contributed by atoms with Crippen LogP contribution in [0.25, 0.3) is 22.7 Å². The number of benzene rings is 2. The van der Waals surface area contributed by atoms with E-state index in [1.807, 2.05) is 18.3 Å². The van der Waals surface area contributed by atoms with Gasteiger partial charge in [0, 0.05) is 43.5 Å². The number of halogens is 2. The first-order chi connectivity index (χ1) is 17.1. The monoisotopic (exact) mass is 478 g/mol. The van der Waals surface area contributed by atoms with Gasteiger partial charge >= 0.3 is 6.43 Å². The summed E-state index contributed by atoms with van der Waals surface area (Å²) in [6.07, 6.45) is 1.35. The van der Waals surface area contributed by atoms with E-state index in [-0.39, 0.29) is 5.89 Å². The fourth-order valence-corrected chi connectivity index (χ4v) is 4.78. The van der Waals surface area contributed by atoms with Crippen molar-refractivity contribution in [1.82, 2.24) is 30.1 Å². The topological polar surface area (TPSA) is 82.1 Å². The van der Waals surface area contributed by atoms with Crippen molar-refractivity contribution in [2.24, 2.45) is 0 Å². The summed E-state index contributed by atoms with van der Waals surface area (Å²) in [6.45, 7) is 4.20. The number of alkyl halides is 2. The van der Waals surface area contributed by atoms with Crippen molar-refractivity contribution in [3.63, 3.8) is 0 Å². The van der Waals surface area contributed by atoms with Crippen molar-refractivity contribution < 1.29 is 17.9 Å². The molecule has 0 spiro atoms. The summed E-state index contributed by atoms with van der Waals surface area (Å²) in [6, 6.07) is 14.4. The van der Waals surface area contributed by atoms with Gasteiger partial charge in [0.05, 0.1) is 12.7 Å². The standard InChI is InChI=1S/C25H24F2N6O2/c26-23(27)25-30-29-24(35-25)17-3-1-16(2-4-17)12-33-15-22(28-31-33)18-5-6-19-13-32(14-20(19)11-18)21-7-9-34-10-8-21/h1-6,11,15,21,23H,7-10,12-14H2. The predicted molar refractivity (Wildman–Crippen MR) is 122 cm³/mol. The summed E-state index contributed by atoms with van der Waals surface area (Å²) in [5, 5.41) is 15.7. The normalized spacial score (nSPS) is 16.8. The molecule has 10 heteroatoms. The van der Waals surface area contributed by atoms with Gasteiger partial charge in [0.15, 0.2) is 0 Å². The molecule has 0 amide bonds. The molecule has 0 saturated carbocycles. The molecule has 2 aliphatic rings. The van der Waals surface area contributed by atoms with Gasteiger partial charge in [0.1, 0.15) is 5.69 Å². The molecule has 2 aromatic heterocycles. The number of nitrogens with zero attached hydrogens (tertiary/aromatic N) is 6. The van der Waals surface area contributed by atoms with Crippen molar-refractivity contribution in [1.29, 1.82) is 0 Å². The van der Waals surface area contributed by atoms with E-state index in [0.29, 0.717) is 18.2 Å². The molecule has 0 bridgehead atoms. The Balaban J connectivity index is 1.12. The van der Waals surface area contributed by atoms with Crippen molar-refractivity contribution in [2.75, 3.05) is 13.2 Å². The maximum absolute atomic E-state index is 12.7. The summed E-state index contributed by atoms with van der Waals surface area (Å²) < 4.78 is 37.6. The molecule has 0 N–H and O–H groups in total. The largest absolute Gasteiger partial charge is 0.415 e. The number of hydrogen-bond acceptors (Lipinski definition) is 7. The fraction of sp³-hybridized carbons (Fsp3) is 0.360. The van der Waals surface area contributed by atoms with E-state index in [9.17, 15) is 8.78 Å². The summed E-state index contributed by atoms with van der Waals surface area (Å²) in [4.78, 5) is 2.56. The van der Waals surface area contributed by atoms with Gasteiger partial charge in [-0.3, -0.25) is 4.90 Å². The fourth-order valence-electron chi connectivity index (χ4n) is 4.78. The van der Waals surface area contributed by atoms with Crippen LogP contribution in [0, 0.1) is 0 Å². The molecule has 1 fully saturated rings. The van der Waals surface area contributed by atoms with Crippen LogP contribution < -0.4 is 0 Å². The number of aromatic nitrogens is 5. The number of fused-ring (bicyclic) bond motifs is 1. The second-order valence-corrected chi connectivity index (χ2v) is 8.98. The van der Waals surface area contributed by atoms with Gasteiger partial charge in [-0.05, 0) is 47.7 Å². The SMILES string of the molecule is FC(F)c1nnc(-c2ccc(Cn3cc(-c4ccc5c(c4)CN(C4CCOCC4)C5)nn3)cc2)o1. The first kappa shape index (κ1) is 22.0. The smallest absolute Gasteiger partial charge is 0.314 e. The first-order valence-electron chi connectivity index (χ1n) is 11.7. The summed E-state index contributed by atoms with van der Waals surface area (Å²) in [7, 11) is 0. The minimum atomic E-state index is -2.78. The zero-order valence-electron chi connectivity index (χ0n) is 19.0. The molecule has 4 aromatic rings. The van der Waals surface area contributed by atoms with E-state index in [1.54, 1.807) is 16.8 Å². The quantitative estimate of drug-likeness (QED) is 0.404. The molecule has 0 unspecified atom stereocenters. The minimum Gasteiger partial charge on any atom is -0.415 e. The molecule has 0 radical (unpaired) electrons. The Hall–Kier alpha value is -3.50. The lowest BCUT2D eigenvalue weighted by atomic mass is 10.0. The van der Waals surface area contributed by atoms with Crippen LogP contribution in [0.15, 0.2) is 53.1 Å². The lowest BCUT2D eigenvalue weighted by molar-refractivity contribution is 0.0326. The Morgan fingerprint density at radius 3 is 2.46 bits per heavy atom. The van der Waals surface area contributed by atoms with Crippen molar-refractivity contribution >= 4 is 0 Å². The Kier molecular flexibility index (Phi) is 5.83. The van der Waals surface area contributed by atoms with E-state index in [2.05, 4.69) is 43.6 Å². The molecule has 1 saturated heterocycles. The molecule has 0 atom stereocenters. The van der Waals surface area contributed by atoms with E-state index in [4.69, 9.17) is 9.15 Å². The van der Waals surface area contributed by atoms with Gasteiger partial charge < -0.3 is 9.15 Å². The third-order valence-electron chi connectivity index (χ3n) is 6.67. The highest BCUT2D eigenvalue weighted by Gasteiger charge is 2.27. The maximum Gasteiger partial charge on any atom is 0.314 e. The van der Waals surface area contributed by atoms with Gasteiger partial charge in [-0.15, -0.1) is 15.3 Å². The van der Waals surface area contributed by atoms with Crippen LogP contribution in [0.4, 0.5) is 8.78 Å². The Morgan fingerprint density at radius 1 is 0.914 bits per heavy atom. The first-order valence-corrected chi connectivity index (χ1v) is 11.7. The Morgan fingerprint density at radius 2 is 1.69 bits per heavy atom. The molecule has 2 aromatic carbocycles. The van der Waals surface area contributed by atoms with E-state index in [0.717, 1.165) is 56.0 Å². The average Bonchev–Trinajstić information content (AvgIpc) is 3.64. The van der Waals surface area contributed by atoms with Gasteiger partial charge in [-0.25, -0.2) is 4.68 Å². The van der Waals surface area contributed by atoms with Crippen molar-refractivity contribution in [2.45, 2.75) is 44.9 Å². The van der Waals surface area contributed by atoms with Crippen LogP contribution in [0.3, 0.4) is 0 Å². The predicted octanol–water partition coefficient (Wildman–Crippen LogP) is 4.48. The number of hydrogen-bond donors (Lipinski definition) is 0.